The Morgan fingerprint density at radius 1 is 1.22 bits per heavy atom. The summed E-state index contributed by atoms with van der Waals surface area (Å²) in [6.07, 6.45) is 0. The van der Waals surface area contributed by atoms with E-state index in [1.54, 1.807) is 17.4 Å². The number of nitrogens with zero attached hydrogens (tertiary/aromatic N) is 2. The van der Waals surface area contributed by atoms with Crippen molar-refractivity contribution >= 4 is 23.2 Å². The van der Waals surface area contributed by atoms with Gasteiger partial charge in [0.2, 0.25) is 5.91 Å². The predicted molar refractivity (Wildman–Crippen MR) is 108 cm³/mol. The van der Waals surface area contributed by atoms with Crippen molar-refractivity contribution in [2.24, 2.45) is 5.73 Å². The molecule has 7 heteroatoms. The summed E-state index contributed by atoms with van der Waals surface area (Å²) in [6, 6.07) is 9.99. The van der Waals surface area contributed by atoms with Gasteiger partial charge in [0, 0.05) is 36.7 Å². The molecule has 140 valence electrons. The lowest BCUT2D eigenvalue weighted by molar-refractivity contribution is -0.118. The van der Waals surface area contributed by atoms with E-state index < -0.39 is 5.91 Å². The molecule has 0 saturated heterocycles. The Kier molecular flexibility index (Phi) is 5.41. The summed E-state index contributed by atoms with van der Waals surface area (Å²) in [5.74, 6) is -0.562. The first-order valence-electron chi connectivity index (χ1n) is 8.64. The molecule has 3 rings (SSSR count). The number of thiazole rings is 1. The Morgan fingerprint density at radius 3 is 2.56 bits per heavy atom. The van der Waals surface area contributed by atoms with Crippen LogP contribution >= 0.6 is 11.3 Å². The van der Waals surface area contributed by atoms with Gasteiger partial charge in [-0.1, -0.05) is 29.8 Å². The lowest BCUT2D eigenvalue weighted by Gasteiger charge is -2.11. The highest BCUT2D eigenvalue weighted by Crippen LogP contribution is 2.31. The molecular formula is C20H22N4O2S. The fourth-order valence-electron chi connectivity index (χ4n) is 2.96. The molecule has 0 spiro atoms. The minimum atomic E-state index is -0.471. The Morgan fingerprint density at radius 2 is 1.93 bits per heavy atom. The third kappa shape index (κ3) is 4.09. The van der Waals surface area contributed by atoms with Gasteiger partial charge >= 0.3 is 0 Å². The first-order chi connectivity index (χ1) is 12.9. The molecule has 1 aromatic carbocycles. The number of aryl methyl sites for hydroxylation is 1. The molecule has 0 saturated carbocycles. The van der Waals surface area contributed by atoms with Crippen LogP contribution < -0.4 is 11.1 Å². The monoisotopic (exact) mass is 382 g/mol. The van der Waals surface area contributed by atoms with Crippen molar-refractivity contribution in [1.82, 2.24) is 14.9 Å². The minimum absolute atomic E-state index is 0.0909. The Balaban J connectivity index is 1.97. The van der Waals surface area contributed by atoms with Gasteiger partial charge in [0.1, 0.15) is 5.01 Å². The van der Waals surface area contributed by atoms with Crippen LogP contribution in [0.2, 0.25) is 0 Å². The van der Waals surface area contributed by atoms with Gasteiger partial charge in [0.05, 0.1) is 17.0 Å². The lowest BCUT2D eigenvalue weighted by atomic mass is 10.2. The highest BCUT2D eigenvalue weighted by molar-refractivity contribution is 7.13. The Bertz CT molecular complexity index is 986. The average Bonchev–Trinajstić information content (AvgIpc) is 3.21. The van der Waals surface area contributed by atoms with Crippen molar-refractivity contribution in [1.29, 1.82) is 0 Å². The maximum absolute atomic E-state index is 11.8. The number of aromatic nitrogens is 2. The standard InChI is InChI=1S/C20H22N4O2S/c1-12-4-6-15(7-5-12)20-23-17(11-27-20)18-10-16(19(21)26)13(2)24(18)9-8-22-14(3)25/h4-7,10-11H,8-9H2,1-3H3,(H2,21,26)(H,22,25). The molecule has 0 atom stereocenters. The number of benzene rings is 1. The fourth-order valence-corrected chi connectivity index (χ4v) is 3.78. The maximum Gasteiger partial charge on any atom is 0.250 e. The molecule has 0 bridgehead atoms. The highest BCUT2D eigenvalue weighted by Gasteiger charge is 2.18. The van der Waals surface area contributed by atoms with Crippen molar-refractivity contribution < 1.29 is 9.59 Å². The number of carbonyl (C=O) groups excluding carboxylic acids is 2. The number of primary amides is 1. The van der Waals surface area contributed by atoms with Gasteiger partial charge in [-0.3, -0.25) is 9.59 Å². The molecule has 0 aliphatic heterocycles. The van der Waals surface area contributed by atoms with Crippen molar-refractivity contribution in [3.63, 3.8) is 0 Å². The lowest BCUT2D eigenvalue weighted by Crippen LogP contribution is -2.25. The molecular weight excluding hydrogens is 360 g/mol. The van der Waals surface area contributed by atoms with E-state index in [1.807, 2.05) is 35.9 Å². The molecule has 0 aliphatic carbocycles. The van der Waals surface area contributed by atoms with Gasteiger partial charge in [0.25, 0.3) is 5.91 Å². The second-order valence-electron chi connectivity index (χ2n) is 6.43. The summed E-state index contributed by atoms with van der Waals surface area (Å²) in [5, 5.41) is 5.67. The first kappa shape index (κ1) is 18.8. The summed E-state index contributed by atoms with van der Waals surface area (Å²) in [5.41, 5.74) is 10.6. The number of carbonyl (C=O) groups is 2. The Hall–Kier alpha value is -2.93. The van der Waals surface area contributed by atoms with Crippen LogP contribution in [0.25, 0.3) is 22.0 Å². The number of hydrogen-bond donors (Lipinski definition) is 2. The first-order valence-corrected chi connectivity index (χ1v) is 9.52. The minimum Gasteiger partial charge on any atom is -0.366 e. The molecule has 2 heterocycles. The van der Waals surface area contributed by atoms with Crippen LogP contribution in [0.3, 0.4) is 0 Å². The van der Waals surface area contributed by atoms with Crippen molar-refractivity contribution in [2.45, 2.75) is 27.3 Å². The van der Waals surface area contributed by atoms with E-state index >= 15 is 0 Å². The van der Waals surface area contributed by atoms with Crippen molar-refractivity contribution in [3.8, 4) is 22.0 Å². The number of hydrogen-bond acceptors (Lipinski definition) is 4. The van der Waals surface area contributed by atoms with Gasteiger partial charge in [-0.05, 0) is 19.9 Å². The van der Waals surface area contributed by atoms with E-state index in [-0.39, 0.29) is 5.91 Å². The SMILES string of the molecule is CC(=O)NCCn1c(-c2csc(-c3ccc(C)cc3)n2)cc(C(N)=O)c1C. The second kappa shape index (κ2) is 7.75. The fraction of sp³-hybridized carbons (Fsp3) is 0.250. The molecule has 0 aliphatic rings. The van der Waals surface area contributed by atoms with Crippen LogP contribution in [-0.2, 0) is 11.3 Å². The average molecular weight is 382 g/mol. The van der Waals surface area contributed by atoms with Crippen molar-refractivity contribution in [3.05, 3.63) is 52.5 Å². The van der Waals surface area contributed by atoms with Gasteiger partial charge in [-0.25, -0.2) is 4.98 Å². The molecule has 2 aromatic heterocycles. The second-order valence-corrected chi connectivity index (χ2v) is 7.29. The molecule has 0 radical (unpaired) electrons. The maximum atomic E-state index is 11.8. The van der Waals surface area contributed by atoms with Crippen LogP contribution in [0.4, 0.5) is 0 Å². The van der Waals surface area contributed by atoms with Crippen LogP contribution in [0.5, 0.6) is 0 Å². The van der Waals surface area contributed by atoms with E-state index in [2.05, 4.69) is 17.4 Å². The molecule has 27 heavy (non-hydrogen) atoms. The van der Waals surface area contributed by atoms with Crippen molar-refractivity contribution in [2.75, 3.05) is 6.54 Å². The van der Waals surface area contributed by atoms with Gasteiger partial charge < -0.3 is 15.6 Å². The largest absolute Gasteiger partial charge is 0.366 e. The number of rotatable bonds is 6. The number of amides is 2. The van der Waals surface area contributed by atoms with E-state index in [9.17, 15) is 9.59 Å². The molecule has 0 fully saturated rings. The van der Waals surface area contributed by atoms with Gasteiger partial charge in [0.15, 0.2) is 0 Å². The summed E-state index contributed by atoms with van der Waals surface area (Å²) >= 11 is 1.55. The van der Waals surface area contributed by atoms with Crippen LogP contribution in [0, 0.1) is 13.8 Å². The summed E-state index contributed by atoms with van der Waals surface area (Å²) in [6.45, 7) is 6.38. The zero-order valence-corrected chi connectivity index (χ0v) is 16.4. The third-order valence-electron chi connectivity index (χ3n) is 4.41. The summed E-state index contributed by atoms with van der Waals surface area (Å²) < 4.78 is 1.98. The summed E-state index contributed by atoms with van der Waals surface area (Å²) in [7, 11) is 0. The quantitative estimate of drug-likeness (QED) is 0.686. The zero-order chi connectivity index (χ0) is 19.6. The molecule has 3 aromatic rings. The van der Waals surface area contributed by atoms with Crippen LogP contribution in [0.1, 0.15) is 28.5 Å². The summed E-state index contributed by atoms with van der Waals surface area (Å²) in [4.78, 5) is 27.7. The molecule has 0 unspecified atom stereocenters. The zero-order valence-electron chi connectivity index (χ0n) is 15.6. The van der Waals surface area contributed by atoms with E-state index in [0.717, 1.165) is 27.7 Å². The van der Waals surface area contributed by atoms with Crippen LogP contribution in [-0.4, -0.2) is 27.9 Å². The molecule has 3 N–H and O–H groups in total. The number of nitrogens with two attached hydrogens (primary N) is 1. The van der Waals surface area contributed by atoms with Crippen LogP contribution in [0.15, 0.2) is 35.7 Å². The highest BCUT2D eigenvalue weighted by atomic mass is 32.1. The van der Waals surface area contributed by atoms with Gasteiger partial charge in [-0.15, -0.1) is 11.3 Å². The van der Waals surface area contributed by atoms with E-state index in [0.29, 0.717) is 18.7 Å². The topological polar surface area (TPSA) is 90.0 Å². The molecule has 6 nitrogen and oxygen atoms in total. The smallest absolute Gasteiger partial charge is 0.250 e. The third-order valence-corrected chi connectivity index (χ3v) is 5.30. The molecule has 2 amide bonds. The predicted octanol–water partition coefficient (Wildman–Crippen LogP) is 3.13. The van der Waals surface area contributed by atoms with E-state index in [4.69, 9.17) is 10.7 Å². The number of nitrogens with one attached hydrogen (secondary N) is 1. The van der Waals surface area contributed by atoms with Gasteiger partial charge in [-0.2, -0.15) is 0 Å². The normalized spacial score (nSPS) is 10.8. The Labute approximate surface area is 162 Å². The van der Waals surface area contributed by atoms with E-state index in [1.165, 1.54) is 12.5 Å².